The lowest BCUT2D eigenvalue weighted by Crippen LogP contribution is -2.32. The van der Waals surface area contributed by atoms with E-state index in [0.717, 1.165) is 11.3 Å². The van der Waals surface area contributed by atoms with Crippen LogP contribution in [-0.4, -0.2) is 25.4 Å². The number of hydrogen-bond acceptors (Lipinski definition) is 4. The lowest BCUT2D eigenvalue weighted by atomic mass is 10.1. The van der Waals surface area contributed by atoms with E-state index >= 15 is 0 Å². The Labute approximate surface area is 148 Å². The standard InChI is InChI=1S/C18H23N3O3S/c1-13(2)21-25(23,24)12-16-9-5-4-8-15(16)11-19-18(22)17-10-6-7-14(3)20-17/h4-10,13,21H,11-12H2,1-3H3,(H,19,22). The normalized spacial score (nSPS) is 11.5. The first kappa shape index (κ1) is 19.1. The predicted octanol–water partition coefficient (Wildman–Crippen LogP) is 2.15. The van der Waals surface area contributed by atoms with Crippen LogP contribution in [0.5, 0.6) is 0 Å². The first-order valence-corrected chi connectivity index (χ1v) is 9.71. The molecule has 6 nitrogen and oxygen atoms in total. The highest BCUT2D eigenvalue weighted by atomic mass is 32.2. The average Bonchev–Trinajstić information content (AvgIpc) is 2.52. The number of aromatic nitrogens is 1. The van der Waals surface area contributed by atoms with Crippen molar-refractivity contribution >= 4 is 15.9 Å². The predicted molar refractivity (Wildman–Crippen MR) is 97.5 cm³/mol. The Hall–Kier alpha value is -2.25. The number of amides is 1. The quantitative estimate of drug-likeness (QED) is 0.791. The van der Waals surface area contributed by atoms with Gasteiger partial charge < -0.3 is 5.32 Å². The largest absolute Gasteiger partial charge is 0.347 e. The summed E-state index contributed by atoms with van der Waals surface area (Å²) in [6, 6.07) is 12.2. The van der Waals surface area contributed by atoms with Crippen LogP contribution >= 0.6 is 0 Å². The summed E-state index contributed by atoms with van der Waals surface area (Å²) in [5.41, 5.74) is 2.52. The molecule has 134 valence electrons. The Morgan fingerprint density at radius 2 is 1.76 bits per heavy atom. The second-order valence-electron chi connectivity index (χ2n) is 6.15. The molecule has 0 aliphatic heterocycles. The topological polar surface area (TPSA) is 88.2 Å². The zero-order valence-electron chi connectivity index (χ0n) is 14.6. The molecule has 0 saturated heterocycles. The van der Waals surface area contributed by atoms with Gasteiger partial charge >= 0.3 is 0 Å². The van der Waals surface area contributed by atoms with Crippen LogP contribution in [0.4, 0.5) is 0 Å². The second kappa shape index (κ2) is 8.22. The minimum absolute atomic E-state index is 0.125. The molecular weight excluding hydrogens is 338 g/mol. The molecule has 0 spiro atoms. The molecule has 1 aromatic heterocycles. The molecule has 0 aliphatic rings. The summed E-state index contributed by atoms with van der Waals surface area (Å²) in [4.78, 5) is 16.4. The number of rotatable bonds is 7. The highest BCUT2D eigenvalue weighted by Gasteiger charge is 2.16. The lowest BCUT2D eigenvalue weighted by molar-refractivity contribution is 0.0945. The van der Waals surface area contributed by atoms with Crippen LogP contribution in [0.15, 0.2) is 42.5 Å². The highest BCUT2D eigenvalue weighted by Crippen LogP contribution is 2.13. The molecule has 0 aliphatic carbocycles. The minimum atomic E-state index is -3.43. The van der Waals surface area contributed by atoms with Crippen molar-refractivity contribution in [3.63, 3.8) is 0 Å². The summed E-state index contributed by atoms with van der Waals surface area (Å²) >= 11 is 0. The van der Waals surface area contributed by atoms with Gasteiger partial charge in [0.25, 0.3) is 5.91 Å². The third-order valence-electron chi connectivity index (χ3n) is 3.44. The molecule has 0 bridgehead atoms. The molecule has 0 unspecified atom stereocenters. The van der Waals surface area contributed by atoms with Crippen LogP contribution in [0, 0.1) is 6.92 Å². The summed E-state index contributed by atoms with van der Waals surface area (Å²) in [6.07, 6.45) is 0. The SMILES string of the molecule is Cc1cccc(C(=O)NCc2ccccc2CS(=O)(=O)NC(C)C)n1. The Kier molecular flexibility index (Phi) is 6.27. The Morgan fingerprint density at radius 3 is 2.40 bits per heavy atom. The van der Waals surface area contributed by atoms with E-state index in [9.17, 15) is 13.2 Å². The fourth-order valence-electron chi connectivity index (χ4n) is 2.41. The van der Waals surface area contributed by atoms with E-state index < -0.39 is 10.0 Å². The van der Waals surface area contributed by atoms with Gasteiger partial charge in [-0.3, -0.25) is 4.79 Å². The van der Waals surface area contributed by atoms with Crippen LogP contribution < -0.4 is 10.0 Å². The van der Waals surface area contributed by atoms with Crippen LogP contribution in [0.3, 0.4) is 0 Å². The van der Waals surface area contributed by atoms with Gasteiger partial charge in [-0.05, 0) is 44.0 Å². The fraction of sp³-hybridized carbons (Fsp3) is 0.333. The Morgan fingerprint density at radius 1 is 1.08 bits per heavy atom. The van der Waals surface area contributed by atoms with Gasteiger partial charge in [0.2, 0.25) is 10.0 Å². The van der Waals surface area contributed by atoms with Crippen molar-refractivity contribution in [1.82, 2.24) is 15.0 Å². The maximum absolute atomic E-state index is 12.2. The van der Waals surface area contributed by atoms with Crippen molar-refractivity contribution in [2.75, 3.05) is 0 Å². The van der Waals surface area contributed by atoms with E-state index in [1.807, 2.05) is 25.1 Å². The molecule has 2 aromatic rings. The fourth-order valence-corrected chi connectivity index (χ4v) is 3.90. The molecule has 7 heteroatoms. The average molecular weight is 361 g/mol. The van der Waals surface area contributed by atoms with E-state index in [2.05, 4.69) is 15.0 Å². The number of benzene rings is 1. The van der Waals surface area contributed by atoms with Crippen molar-refractivity contribution in [3.8, 4) is 0 Å². The maximum atomic E-state index is 12.2. The van der Waals surface area contributed by atoms with Gasteiger partial charge in [0.15, 0.2) is 0 Å². The molecule has 0 fully saturated rings. The van der Waals surface area contributed by atoms with Gasteiger partial charge in [0.1, 0.15) is 5.69 Å². The van der Waals surface area contributed by atoms with Crippen LogP contribution in [-0.2, 0) is 22.3 Å². The Balaban J connectivity index is 2.09. The van der Waals surface area contributed by atoms with E-state index in [1.165, 1.54) is 0 Å². The molecule has 25 heavy (non-hydrogen) atoms. The highest BCUT2D eigenvalue weighted by molar-refractivity contribution is 7.88. The first-order chi connectivity index (χ1) is 11.8. The van der Waals surface area contributed by atoms with Crippen molar-refractivity contribution in [3.05, 3.63) is 65.0 Å². The zero-order chi connectivity index (χ0) is 18.4. The minimum Gasteiger partial charge on any atom is -0.347 e. The summed E-state index contributed by atoms with van der Waals surface area (Å²) < 4.78 is 26.9. The van der Waals surface area contributed by atoms with Gasteiger partial charge in [0.05, 0.1) is 5.75 Å². The second-order valence-corrected chi connectivity index (χ2v) is 7.90. The zero-order valence-corrected chi connectivity index (χ0v) is 15.4. The smallest absolute Gasteiger partial charge is 0.270 e. The monoisotopic (exact) mass is 361 g/mol. The molecule has 2 rings (SSSR count). The number of pyridine rings is 1. The number of nitrogens with one attached hydrogen (secondary N) is 2. The summed E-state index contributed by atoms with van der Waals surface area (Å²) in [5, 5.41) is 2.79. The first-order valence-electron chi connectivity index (χ1n) is 8.05. The number of carbonyl (C=O) groups is 1. The number of sulfonamides is 1. The molecule has 1 amide bonds. The number of nitrogens with zero attached hydrogens (tertiary/aromatic N) is 1. The summed E-state index contributed by atoms with van der Waals surface area (Å²) in [6.45, 7) is 5.61. The lowest BCUT2D eigenvalue weighted by Gasteiger charge is -2.13. The van der Waals surface area contributed by atoms with Crippen molar-refractivity contribution in [2.24, 2.45) is 0 Å². The number of carbonyl (C=O) groups excluding carboxylic acids is 1. The van der Waals surface area contributed by atoms with Crippen LogP contribution in [0.1, 0.15) is 41.2 Å². The molecule has 2 N–H and O–H groups in total. The van der Waals surface area contributed by atoms with Gasteiger partial charge in [-0.1, -0.05) is 30.3 Å². The van der Waals surface area contributed by atoms with Crippen LogP contribution in [0.25, 0.3) is 0 Å². The molecule has 0 radical (unpaired) electrons. The third kappa shape index (κ3) is 5.95. The van der Waals surface area contributed by atoms with Crippen molar-refractivity contribution < 1.29 is 13.2 Å². The van der Waals surface area contributed by atoms with Crippen molar-refractivity contribution in [1.29, 1.82) is 0 Å². The summed E-state index contributed by atoms with van der Waals surface area (Å²) in [7, 11) is -3.43. The molecular formula is C18H23N3O3S. The van der Waals surface area contributed by atoms with Crippen LogP contribution in [0.2, 0.25) is 0 Å². The van der Waals surface area contributed by atoms with Gasteiger partial charge in [-0.2, -0.15) is 0 Å². The van der Waals surface area contributed by atoms with Gasteiger partial charge in [-0.15, -0.1) is 0 Å². The molecule has 1 heterocycles. The van der Waals surface area contributed by atoms with E-state index in [4.69, 9.17) is 0 Å². The van der Waals surface area contributed by atoms with E-state index in [-0.39, 0.29) is 24.2 Å². The third-order valence-corrected chi connectivity index (χ3v) is 4.96. The number of hydrogen-bond donors (Lipinski definition) is 2. The van der Waals surface area contributed by atoms with E-state index in [0.29, 0.717) is 11.3 Å². The van der Waals surface area contributed by atoms with Gasteiger partial charge in [-0.25, -0.2) is 18.1 Å². The maximum Gasteiger partial charge on any atom is 0.270 e. The summed E-state index contributed by atoms with van der Waals surface area (Å²) in [5.74, 6) is -0.415. The molecule has 0 atom stereocenters. The van der Waals surface area contributed by atoms with E-state index in [1.54, 1.807) is 38.1 Å². The van der Waals surface area contributed by atoms with Gasteiger partial charge in [0, 0.05) is 18.3 Å². The number of aryl methyl sites for hydroxylation is 1. The molecule has 1 aromatic carbocycles. The van der Waals surface area contributed by atoms with Crippen molar-refractivity contribution in [2.45, 2.75) is 39.1 Å². The Bertz CT molecular complexity index is 848. The molecule has 0 saturated carbocycles.